The summed E-state index contributed by atoms with van der Waals surface area (Å²) in [5, 5.41) is 4.41. The van der Waals surface area contributed by atoms with Crippen LogP contribution in [0, 0.1) is 5.92 Å². The van der Waals surface area contributed by atoms with Gasteiger partial charge in [0.05, 0.1) is 5.69 Å². The molecule has 0 aromatic carbocycles. The number of aromatic nitrogens is 2. The van der Waals surface area contributed by atoms with Crippen LogP contribution in [0.5, 0.6) is 0 Å². The third kappa shape index (κ3) is 2.35. The predicted octanol–water partition coefficient (Wildman–Crippen LogP) is 1.48. The van der Waals surface area contributed by atoms with Gasteiger partial charge < -0.3 is 5.73 Å². The van der Waals surface area contributed by atoms with Gasteiger partial charge in [-0.1, -0.05) is 6.42 Å². The van der Waals surface area contributed by atoms with Crippen molar-refractivity contribution >= 4 is 0 Å². The fourth-order valence-corrected chi connectivity index (χ4v) is 2.39. The molecule has 1 heterocycles. The summed E-state index contributed by atoms with van der Waals surface area (Å²) in [5.74, 6) is 0.758. The SMILES string of the molecule is Cn1ccc(CC2CCCC(N)C2)n1. The van der Waals surface area contributed by atoms with Crippen LogP contribution in [0.15, 0.2) is 12.3 Å². The molecule has 0 radical (unpaired) electrons. The average molecular weight is 193 g/mol. The van der Waals surface area contributed by atoms with Crippen LogP contribution >= 0.6 is 0 Å². The largest absolute Gasteiger partial charge is 0.328 e. The van der Waals surface area contributed by atoms with Crippen molar-refractivity contribution in [3.8, 4) is 0 Å². The smallest absolute Gasteiger partial charge is 0.0627 e. The van der Waals surface area contributed by atoms with E-state index in [4.69, 9.17) is 5.73 Å². The molecule has 1 saturated carbocycles. The standard InChI is InChI=1S/C11H19N3/c1-14-6-5-11(13-14)8-9-3-2-4-10(12)7-9/h5-6,9-10H,2-4,7-8,12H2,1H3. The first kappa shape index (κ1) is 9.71. The molecule has 0 amide bonds. The van der Waals surface area contributed by atoms with Crippen LogP contribution in [0.25, 0.3) is 0 Å². The van der Waals surface area contributed by atoms with Gasteiger partial charge in [-0.25, -0.2) is 0 Å². The molecule has 14 heavy (non-hydrogen) atoms. The van der Waals surface area contributed by atoms with Crippen molar-refractivity contribution < 1.29 is 0 Å². The minimum atomic E-state index is 0.428. The summed E-state index contributed by atoms with van der Waals surface area (Å²) in [4.78, 5) is 0. The van der Waals surface area contributed by atoms with E-state index >= 15 is 0 Å². The zero-order valence-corrected chi connectivity index (χ0v) is 8.82. The number of hydrogen-bond acceptors (Lipinski definition) is 2. The van der Waals surface area contributed by atoms with E-state index < -0.39 is 0 Å². The molecule has 2 rings (SSSR count). The van der Waals surface area contributed by atoms with E-state index in [1.165, 1.54) is 31.4 Å². The number of nitrogens with two attached hydrogens (primary N) is 1. The van der Waals surface area contributed by atoms with E-state index in [-0.39, 0.29) is 0 Å². The zero-order chi connectivity index (χ0) is 9.97. The number of hydrogen-bond donors (Lipinski definition) is 1. The van der Waals surface area contributed by atoms with Crippen molar-refractivity contribution in [1.82, 2.24) is 9.78 Å². The van der Waals surface area contributed by atoms with Crippen molar-refractivity contribution in [3.63, 3.8) is 0 Å². The van der Waals surface area contributed by atoms with Crippen molar-refractivity contribution in [2.45, 2.75) is 38.1 Å². The Labute approximate surface area is 85.3 Å². The third-order valence-electron chi connectivity index (χ3n) is 3.09. The third-order valence-corrected chi connectivity index (χ3v) is 3.09. The lowest BCUT2D eigenvalue weighted by molar-refractivity contribution is 0.318. The van der Waals surface area contributed by atoms with Gasteiger partial charge in [-0.2, -0.15) is 5.10 Å². The maximum atomic E-state index is 5.96. The summed E-state index contributed by atoms with van der Waals surface area (Å²) in [6, 6.07) is 2.54. The van der Waals surface area contributed by atoms with Crippen molar-refractivity contribution in [1.29, 1.82) is 0 Å². The van der Waals surface area contributed by atoms with Gasteiger partial charge in [0, 0.05) is 19.3 Å². The lowest BCUT2D eigenvalue weighted by atomic mass is 9.83. The lowest BCUT2D eigenvalue weighted by Gasteiger charge is -2.25. The summed E-state index contributed by atoms with van der Waals surface area (Å²) < 4.78 is 1.87. The molecule has 1 fully saturated rings. The normalized spacial score (nSPS) is 27.9. The molecule has 2 atom stereocenters. The second-order valence-corrected chi connectivity index (χ2v) is 4.48. The van der Waals surface area contributed by atoms with Crippen LogP contribution < -0.4 is 5.73 Å². The lowest BCUT2D eigenvalue weighted by Crippen LogP contribution is -2.28. The van der Waals surface area contributed by atoms with E-state index in [9.17, 15) is 0 Å². The molecule has 0 spiro atoms. The van der Waals surface area contributed by atoms with Gasteiger partial charge in [-0.3, -0.25) is 4.68 Å². The second kappa shape index (κ2) is 4.13. The highest BCUT2D eigenvalue weighted by molar-refractivity contribution is 5.00. The molecule has 3 heteroatoms. The van der Waals surface area contributed by atoms with Crippen LogP contribution in [-0.2, 0) is 13.5 Å². The van der Waals surface area contributed by atoms with E-state index in [1.54, 1.807) is 0 Å². The number of aryl methyl sites for hydroxylation is 1. The van der Waals surface area contributed by atoms with Gasteiger partial charge in [-0.15, -0.1) is 0 Å². The van der Waals surface area contributed by atoms with E-state index in [1.807, 2.05) is 17.9 Å². The Morgan fingerprint density at radius 3 is 3.07 bits per heavy atom. The molecule has 1 aliphatic rings. The Morgan fingerprint density at radius 1 is 1.57 bits per heavy atom. The highest BCUT2D eigenvalue weighted by atomic mass is 15.2. The molecule has 0 bridgehead atoms. The molecule has 3 nitrogen and oxygen atoms in total. The quantitative estimate of drug-likeness (QED) is 0.773. The van der Waals surface area contributed by atoms with Crippen LogP contribution in [-0.4, -0.2) is 15.8 Å². The monoisotopic (exact) mass is 193 g/mol. The van der Waals surface area contributed by atoms with E-state index in [2.05, 4.69) is 11.2 Å². The van der Waals surface area contributed by atoms with Crippen LogP contribution in [0.1, 0.15) is 31.4 Å². The Morgan fingerprint density at radius 2 is 2.43 bits per heavy atom. The fourth-order valence-electron chi connectivity index (χ4n) is 2.39. The maximum Gasteiger partial charge on any atom is 0.0627 e. The Kier molecular flexibility index (Phi) is 2.87. The summed E-state index contributed by atoms with van der Waals surface area (Å²) in [7, 11) is 1.97. The molecule has 1 aromatic rings. The average Bonchev–Trinajstić information content (AvgIpc) is 2.51. The van der Waals surface area contributed by atoms with Crippen LogP contribution in [0.2, 0.25) is 0 Å². The minimum absolute atomic E-state index is 0.428. The molecule has 0 saturated heterocycles. The first-order valence-corrected chi connectivity index (χ1v) is 5.48. The van der Waals surface area contributed by atoms with Crippen LogP contribution in [0.4, 0.5) is 0 Å². The number of rotatable bonds is 2. The molecular formula is C11H19N3. The predicted molar refractivity (Wildman–Crippen MR) is 56.8 cm³/mol. The summed E-state index contributed by atoms with van der Waals surface area (Å²) in [5.41, 5.74) is 7.17. The maximum absolute atomic E-state index is 5.96. The Bertz CT molecular complexity index is 292. The molecule has 1 aromatic heterocycles. The molecule has 2 unspecified atom stereocenters. The topological polar surface area (TPSA) is 43.8 Å². The van der Waals surface area contributed by atoms with E-state index in [0.717, 1.165) is 12.3 Å². The number of nitrogens with zero attached hydrogens (tertiary/aromatic N) is 2. The molecule has 1 aliphatic carbocycles. The van der Waals surface area contributed by atoms with Gasteiger partial charge >= 0.3 is 0 Å². The highest BCUT2D eigenvalue weighted by Crippen LogP contribution is 2.25. The highest BCUT2D eigenvalue weighted by Gasteiger charge is 2.19. The van der Waals surface area contributed by atoms with E-state index in [0.29, 0.717) is 6.04 Å². The first-order valence-electron chi connectivity index (χ1n) is 5.48. The summed E-state index contributed by atoms with van der Waals surface area (Å²) >= 11 is 0. The molecule has 0 aliphatic heterocycles. The first-order chi connectivity index (χ1) is 6.74. The van der Waals surface area contributed by atoms with Gasteiger partial charge in [0.15, 0.2) is 0 Å². The van der Waals surface area contributed by atoms with Crippen molar-refractivity contribution in [2.75, 3.05) is 0 Å². The Balaban J connectivity index is 1.90. The Hall–Kier alpha value is -0.830. The zero-order valence-electron chi connectivity index (χ0n) is 8.82. The van der Waals surface area contributed by atoms with Gasteiger partial charge in [0.2, 0.25) is 0 Å². The summed E-state index contributed by atoms with van der Waals surface area (Å²) in [6.45, 7) is 0. The van der Waals surface area contributed by atoms with Gasteiger partial charge in [-0.05, 0) is 37.7 Å². The van der Waals surface area contributed by atoms with Gasteiger partial charge in [0.25, 0.3) is 0 Å². The van der Waals surface area contributed by atoms with Gasteiger partial charge in [0.1, 0.15) is 0 Å². The van der Waals surface area contributed by atoms with Crippen molar-refractivity contribution in [2.24, 2.45) is 18.7 Å². The molecule has 2 N–H and O–H groups in total. The minimum Gasteiger partial charge on any atom is -0.328 e. The fraction of sp³-hybridized carbons (Fsp3) is 0.727. The second-order valence-electron chi connectivity index (χ2n) is 4.48. The van der Waals surface area contributed by atoms with Crippen LogP contribution in [0.3, 0.4) is 0 Å². The van der Waals surface area contributed by atoms with Crippen molar-refractivity contribution in [3.05, 3.63) is 18.0 Å². The molecule has 78 valence electrons. The molecular weight excluding hydrogens is 174 g/mol. The summed E-state index contributed by atoms with van der Waals surface area (Å²) in [6.07, 6.45) is 8.12.